The molecule has 9 heteroatoms. The second-order valence-corrected chi connectivity index (χ2v) is 26.7. The fourth-order valence-electron chi connectivity index (χ4n) is 10.9. The van der Waals surface area contributed by atoms with E-state index in [-0.39, 0.29) is 19.1 Å². The molecule has 0 aromatic rings. The molecule has 0 radical (unpaired) electrons. The van der Waals surface area contributed by atoms with Crippen LogP contribution in [0.3, 0.4) is 0 Å². The molecule has 0 rings (SSSR count). The van der Waals surface area contributed by atoms with E-state index in [2.05, 4.69) is 31.3 Å². The first-order valence-electron chi connectivity index (χ1n) is 34.5. The Bertz CT molecular complexity index is 1260. The van der Waals surface area contributed by atoms with Crippen molar-refractivity contribution in [1.82, 2.24) is 5.32 Å². The molecule has 0 aromatic heterocycles. The fraction of sp³-hybridized carbons (Fsp3) is 0.956. The molecule has 0 saturated carbocycles. The van der Waals surface area contributed by atoms with Crippen molar-refractivity contribution in [2.24, 2.45) is 0 Å². The summed E-state index contributed by atoms with van der Waals surface area (Å²) in [5.74, 6) is -0.155. The molecule has 0 aliphatic rings. The van der Waals surface area contributed by atoms with Crippen LogP contribution >= 0.6 is 7.82 Å². The summed E-state index contributed by atoms with van der Waals surface area (Å²) >= 11 is 0. The number of allylic oxidation sites excluding steroid dienone is 2. The quantitative estimate of drug-likeness (QED) is 0.0272. The number of aliphatic hydroxyl groups is 1. The van der Waals surface area contributed by atoms with E-state index in [1.54, 1.807) is 0 Å². The molecule has 0 fully saturated rings. The lowest BCUT2D eigenvalue weighted by atomic mass is 10.0. The maximum absolute atomic E-state index is 13.0. The van der Waals surface area contributed by atoms with Gasteiger partial charge in [-0.1, -0.05) is 334 Å². The van der Waals surface area contributed by atoms with E-state index in [4.69, 9.17) is 9.05 Å². The van der Waals surface area contributed by atoms with Crippen molar-refractivity contribution < 1.29 is 32.9 Å². The summed E-state index contributed by atoms with van der Waals surface area (Å²) in [4.78, 5) is 25.6. The number of rotatable bonds is 65. The van der Waals surface area contributed by atoms with Gasteiger partial charge in [0.15, 0.2) is 0 Å². The number of phosphoric ester groups is 1. The minimum atomic E-state index is -4.57. The molecule has 460 valence electrons. The number of nitrogens with zero attached hydrogens (tertiary/aromatic N) is 1. The number of amides is 1. The number of phosphoric acid groups is 1. The molecule has 3 unspecified atom stereocenters. The van der Waals surface area contributed by atoms with E-state index < -0.39 is 20.0 Å². The Labute approximate surface area is 482 Å². The van der Waals surface area contributed by atoms with Crippen LogP contribution in [0.4, 0.5) is 0 Å². The molecule has 0 spiro atoms. The van der Waals surface area contributed by atoms with Gasteiger partial charge in [0, 0.05) is 6.42 Å². The Kier molecular flexibility index (Phi) is 59.3. The maximum Gasteiger partial charge on any atom is 0.268 e. The van der Waals surface area contributed by atoms with Crippen molar-refractivity contribution in [1.29, 1.82) is 0 Å². The first kappa shape index (κ1) is 76.2. The van der Waals surface area contributed by atoms with Gasteiger partial charge in [0.05, 0.1) is 39.9 Å². The van der Waals surface area contributed by atoms with Crippen molar-refractivity contribution in [3.8, 4) is 0 Å². The van der Waals surface area contributed by atoms with Gasteiger partial charge in [-0.05, 0) is 38.5 Å². The van der Waals surface area contributed by atoms with E-state index in [0.717, 1.165) is 38.5 Å². The van der Waals surface area contributed by atoms with Gasteiger partial charge in [0.2, 0.25) is 5.91 Å². The van der Waals surface area contributed by atoms with Crippen LogP contribution in [0.5, 0.6) is 0 Å². The number of aliphatic hydroxyl groups excluding tert-OH is 1. The topological polar surface area (TPSA) is 108 Å². The highest BCUT2D eigenvalue weighted by atomic mass is 31.2. The summed E-state index contributed by atoms with van der Waals surface area (Å²) in [5, 5.41) is 14.1. The highest BCUT2D eigenvalue weighted by Gasteiger charge is 2.24. The first-order chi connectivity index (χ1) is 37.5. The smallest absolute Gasteiger partial charge is 0.268 e. The summed E-state index contributed by atoms with van der Waals surface area (Å²) in [6.45, 7) is 4.79. The van der Waals surface area contributed by atoms with E-state index in [1.807, 2.05) is 21.1 Å². The van der Waals surface area contributed by atoms with Gasteiger partial charge in [0.1, 0.15) is 13.2 Å². The lowest BCUT2D eigenvalue weighted by Crippen LogP contribution is -2.46. The second-order valence-electron chi connectivity index (χ2n) is 25.2. The molecule has 77 heavy (non-hydrogen) atoms. The van der Waals surface area contributed by atoms with Crippen LogP contribution < -0.4 is 10.2 Å². The van der Waals surface area contributed by atoms with E-state index >= 15 is 0 Å². The number of likely N-dealkylation sites (N-methyl/N-ethyl adjacent to an activating group) is 1. The molecular formula is C68H137N2O6P. The number of quaternary nitrogens is 1. The standard InChI is InChI=1S/C68H137N2O6P/c1-6-8-10-12-14-16-18-20-22-24-26-28-29-30-31-32-33-34-35-36-37-38-39-40-41-42-44-46-48-50-52-54-56-58-60-62-68(72)69-66(65-76-77(73,74)75-64-63-70(3,4)5)67(71)61-59-57-55-53-51-49-47-45-43-27-25-23-21-19-17-15-13-11-9-7-2/h24,26,66-67,71H,6-23,25,27-65H2,1-5H3,(H-,69,72,73,74)/b26-24-. The third kappa shape index (κ3) is 62.7. The Balaban J connectivity index is 3.94. The molecule has 2 N–H and O–H groups in total. The van der Waals surface area contributed by atoms with Crippen molar-refractivity contribution >= 4 is 13.7 Å². The van der Waals surface area contributed by atoms with Crippen LogP contribution in [-0.4, -0.2) is 68.5 Å². The highest BCUT2D eigenvalue weighted by molar-refractivity contribution is 7.45. The lowest BCUT2D eigenvalue weighted by molar-refractivity contribution is -0.870. The molecule has 0 aliphatic heterocycles. The number of hydrogen-bond acceptors (Lipinski definition) is 6. The first-order valence-corrected chi connectivity index (χ1v) is 36.0. The molecular weight excluding hydrogens is 972 g/mol. The van der Waals surface area contributed by atoms with Crippen molar-refractivity contribution in [3.05, 3.63) is 12.2 Å². The van der Waals surface area contributed by atoms with Crippen LogP contribution in [0.2, 0.25) is 0 Å². The predicted octanol–water partition coefficient (Wildman–Crippen LogP) is 21.1. The van der Waals surface area contributed by atoms with Gasteiger partial charge in [-0.25, -0.2) is 0 Å². The molecule has 1 amide bonds. The van der Waals surface area contributed by atoms with Gasteiger partial charge in [0.25, 0.3) is 7.82 Å². The van der Waals surface area contributed by atoms with Gasteiger partial charge in [-0.2, -0.15) is 0 Å². The van der Waals surface area contributed by atoms with Crippen LogP contribution in [0.1, 0.15) is 367 Å². The number of hydrogen-bond donors (Lipinski definition) is 2. The van der Waals surface area contributed by atoms with Crippen LogP contribution in [0, 0.1) is 0 Å². The Hall–Kier alpha value is -0.760. The van der Waals surface area contributed by atoms with Crippen LogP contribution in [0.25, 0.3) is 0 Å². The number of unbranched alkanes of at least 4 members (excludes halogenated alkanes) is 50. The summed E-state index contributed by atoms with van der Waals surface area (Å²) in [6.07, 6.45) is 75.8. The Morgan fingerprint density at radius 1 is 0.442 bits per heavy atom. The minimum absolute atomic E-state index is 0.0160. The normalized spacial score (nSPS) is 13.7. The maximum atomic E-state index is 13.0. The molecule has 0 heterocycles. The van der Waals surface area contributed by atoms with Gasteiger partial charge >= 0.3 is 0 Å². The van der Waals surface area contributed by atoms with E-state index in [9.17, 15) is 19.4 Å². The summed E-state index contributed by atoms with van der Waals surface area (Å²) < 4.78 is 23.5. The average Bonchev–Trinajstić information content (AvgIpc) is 3.39. The number of carbonyl (C=O) groups is 1. The zero-order valence-electron chi connectivity index (χ0n) is 52.7. The fourth-order valence-corrected chi connectivity index (χ4v) is 11.6. The third-order valence-corrected chi connectivity index (χ3v) is 17.2. The number of carbonyl (C=O) groups excluding carboxylic acids is 1. The summed E-state index contributed by atoms with van der Waals surface area (Å²) in [7, 11) is 1.33. The van der Waals surface area contributed by atoms with Gasteiger partial charge in [-0.3, -0.25) is 9.36 Å². The zero-order valence-corrected chi connectivity index (χ0v) is 53.6. The van der Waals surface area contributed by atoms with Gasteiger partial charge < -0.3 is 28.8 Å². The lowest BCUT2D eigenvalue weighted by Gasteiger charge is -2.30. The Morgan fingerprint density at radius 2 is 0.714 bits per heavy atom. The molecule has 3 atom stereocenters. The van der Waals surface area contributed by atoms with Gasteiger partial charge in [-0.15, -0.1) is 0 Å². The highest BCUT2D eigenvalue weighted by Crippen LogP contribution is 2.38. The number of nitrogens with one attached hydrogen (secondary N) is 1. The summed E-state index contributed by atoms with van der Waals surface area (Å²) in [6, 6.07) is -0.797. The average molecular weight is 1110 g/mol. The minimum Gasteiger partial charge on any atom is -0.756 e. The largest absolute Gasteiger partial charge is 0.756 e. The zero-order chi connectivity index (χ0) is 56.3. The van der Waals surface area contributed by atoms with Crippen LogP contribution in [0.15, 0.2) is 12.2 Å². The monoisotopic (exact) mass is 1110 g/mol. The Morgan fingerprint density at radius 3 is 1.01 bits per heavy atom. The molecule has 0 aromatic carbocycles. The van der Waals surface area contributed by atoms with Crippen LogP contribution in [-0.2, 0) is 18.4 Å². The van der Waals surface area contributed by atoms with Crippen molar-refractivity contribution in [3.63, 3.8) is 0 Å². The second kappa shape index (κ2) is 59.8. The molecule has 0 saturated heterocycles. The van der Waals surface area contributed by atoms with E-state index in [0.29, 0.717) is 23.9 Å². The molecule has 0 bridgehead atoms. The molecule has 8 nitrogen and oxygen atoms in total. The summed E-state index contributed by atoms with van der Waals surface area (Å²) in [5.41, 5.74) is 0. The third-order valence-electron chi connectivity index (χ3n) is 16.3. The SMILES string of the molecule is CCCCCCCCCC/C=C\CCCCCCCCCCCCCCCCCCCCCCCCCC(=O)NC(COP(=O)([O-])OCC[N+](C)(C)C)C(O)CCCCCCCCCCCCCCCCCCCCCC. The van der Waals surface area contributed by atoms with E-state index in [1.165, 1.54) is 302 Å². The van der Waals surface area contributed by atoms with Crippen molar-refractivity contribution in [2.75, 3.05) is 40.9 Å². The van der Waals surface area contributed by atoms with Crippen molar-refractivity contribution in [2.45, 2.75) is 379 Å². The predicted molar refractivity (Wildman–Crippen MR) is 335 cm³/mol. The molecule has 0 aliphatic carbocycles.